The maximum absolute atomic E-state index is 6.25. The predicted molar refractivity (Wildman–Crippen MR) is 110 cm³/mol. The molecule has 140 valence electrons. The largest absolute Gasteiger partial charge is 0.445 e. The number of aromatic nitrogens is 1. The highest BCUT2D eigenvalue weighted by Crippen LogP contribution is 2.31. The summed E-state index contributed by atoms with van der Waals surface area (Å²) in [4.78, 5) is 14.1. The van der Waals surface area contributed by atoms with Gasteiger partial charge in [-0.1, -0.05) is 17.7 Å². The Morgan fingerprint density at radius 1 is 1.22 bits per heavy atom. The Morgan fingerprint density at radius 3 is 2.85 bits per heavy atom. The molecule has 27 heavy (non-hydrogen) atoms. The maximum Gasteiger partial charge on any atom is 0.217 e. The Bertz CT molecular complexity index is 869. The fourth-order valence-electron chi connectivity index (χ4n) is 2.91. The van der Waals surface area contributed by atoms with Crippen molar-refractivity contribution in [3.8, 4) is 0 Å². The average Bonchev–Trinajstić information content (AvgIpc) is 2.84. The van der Waals surface area contributed by atoms with Crippen molar-refractivity contribution in [1.29, 1.82) is 0 Å². The highest BCUT2D eigenvalue weighted by molar-refractivity contribution is 7.30. The number of ether oxygens (including phenoxy) is 1. The molecule has 0 amide bonds. The molecule has 1 aromatic heterocycles. The van der Waals surface area contributed by atoms with E-state index in [-0.39, 0.29) is 15.0 Å². The Balaban J connectivity index is 1.67. The van der Waals surface area contributed by atoms with Crippen molar-refractivity contribution in [2.45, 2.75) is 13.0 Å². The summed E-state index contributed by atoms with van der Waals surface area (Å²) in [5.41, 5.74) is 3.22. The fourth-order valence-corrected chi connectivity index (χ4v) is 3.88. The third-order valence-electron chi connectivity index (χ3n) is 4.32. The van der Waals surface area contributed by atoms with Gasteiger partial charge in [-0.15, -0.1) is 0 Å². The van der Waals surface area contributed by atoms with Crippen LogP contribution >= 0.6 is 20.6 Å². The molecule has 1 fully saturated rings. The van der Waals surface area contributed by atoms with Gasteiger partial charge in [0.25, 0.3) is 0 Å². The number of hydrogen-bond donors (Lipinski definition) is 0. The van der Waals surface area contributed by atoms with Gasteiger partial charge in [-0.2, -0.15) is 0 Å². The van der Waals surface area contributed by atoms with Crippen molar-refractivity contribution < 1.29 is 9.26 Å². The van der Waals surface area contributed by atoms with Gasteiger partial charge >= 0.3 is 0 Å². The minimum absolute atomic E-state index is 0.200. The van der Waals surface area contributed by atoms with Crippen molar-refractivity contribution >= 4 is 37.9 Å². The number of aliphatic imine (C=N–C) groups is 2. The smallest absolute Gasteiger partial charge is 0.217 e. The molecule has 1 aromatic carbocycles. The van der Waals surface area contributed by atoms with Crippen LogP contribution in [0.4, 0.5) is 5.69 Å². The van der Waals surface area contributed by atoms with E-state index in [1.807, 2.05) is 43.3 Å². The quantitative estimate of drug-likeness (QED) is 0.731. The molecule has 0 aliphatic carbocycles. The molecule has 0 spiro atoms. The summed E-state index contributed by atoms with van der Waals surface area (Å²) >= 11 is 6.25. The lowest BCUT2D eigenvalue weighted by Gasteiger charge is -2.26. The lowest BCUT2D eigenvalue weighted by molar-refractivity contribution is 0.0735. The molecule has 2 aliphatic heterocycles. The number of morpholine rings is 1. The van der Waals surface area contributed by atoms with E-state index in [1.165, 1.54) is 0 Å². The first kappa shape index (κ1) is 18.5. The Labute approximate surface area is 165 Å². The number of rotatable bonds is 3. The first-order chi connectivity index (χ1) is 13.2. The molecule has 0 N–H and O–H groups in total. The van der Waals surface area contributed by atoms with E-state index in [9.17, 15) is 0 Å². The van der Waals surface area contributed by atoms with Crippen LogP contribution in [0, 0.1) is 0 Å². The first-order valence-corrected chi connectivity index (χ1v) is 10.1. The van der Waals surface area contributed by atoms with Gasteiger partial charge in [0.1, 0.15) is 6.04 Å². The number of pyridine rings is 1. The number of fused-ring (bicyclic) bond motifs is 1. The number of halogens is 1. The van der Waals surface area contributed by atoms with Gasteiger partial charge in [0, 0.05) is 29.9 Å². The van der Waals surface area contributed by atoms with E-state index in [4.69, 9.17) is 30.8 Å². The summed E-state index contributed by atoms with van der Waals surface area (Å²) in [5.74, 6) is 0.606. The lowest BCUT2D eigenvalue weighted by Crippen LogP contribution is -2.31. The van der Waals surface area contributed by atoms with Crippen molar-refractivity contribution in [2.24, 2.45) is 9.98 Å². The summed E-state index contributed by atoms with van der Waals surface area (Å²) in [7, 11) is 0.200. The Kier molecular flexibility index (Phi) is 5.79. The van der Waals surface area contributed by atoms with Crippen molar-refractivity contribution in [3.05, 3.63) is 58.9 Å². The highest BCUT2D eigenvalue weighted by Gasteiger charge is 2.23. The van der Waals surface area contributed by atoms with Gasteiger partial charge in [0.2, 0.25) is 5.90 Å². The molecule has 0 radical (unpaired) electrons. The molecule has 4 rings (SSSR count). The monoisotopic (exact) mass is 402 g/mol. The van der Waals surface area contributed by atoms with Gasteiger partial charge < -0.3 is 9.26 Å². The second-order valence-electron chi connectivity index (χ2n) is 6.27. The van der Waals surface area contributed by atoms with Crippen molar-refractivity contribution in [3.63, 3.8) is 0 Å². The second-order valence-corrected chi connectivity index (χ2v) is 7.73. The zero-order chi connectivity index (χ0) is 18.6. The van der Waals surface area contributed by atoms with Crippen LogP contribution in [0.25, 0.3) is 0 Å². The zero-order valence-electron chi connectivity index (χ0n) is 14.9. The molecular formula is C19H20ClN4O2P. The van der Waals surface area contributed by atoms with Crippen LogP contribution < -0.4 is 0 Å². The molecular weight excluding hydrogens is 383 g/mol. The van der Waals surface area contributed by atoms with Crippen LogP contribution in [0.15, 0.2) is 52.6 Å². The van der Waals surface area contributed by atoms with Crippen LogP contribution in [-0.2, 0) is 9.26 Å². The minimum atomic E-state index is -0.221. The number of benzene rings is 1. The highest BCUT2D eigenvalue weighted by atomic mass is 35.5. The molecule has 0 saturated carbocycles. The molecule has 1 saturated heterocycles. The van der Waals surface area contributed by atoms with E-state index >= 15 is 0 Å². The zero-order valence-corrected chi connectivity index (χ0v) is 16.7. The van der Waals surface area contributed by atoms with Crippen LogP contribution in [-0.4, -0.2) is 53.6 Å². The molecule has 8 heteroatoms. The van der Waals surface area contributed by atoms with Crippen molar-refractivity contribution in [2.75, 3.05) is 26.3 Å². The molecule has 2 aliphatic rings. The maximum atomic E-state index is 6.25. The predicted octanol–water partition coefficient (Wildman–Crippen LogP) is 3.86. The standard InChI is InChI=1S/C19H20ClN4O2P/c1-13-19(26-27-24-8-10-25-11-9-24)23-16-6-5-14(20)12-15(16)18(22-13)17-4-2-3-7-21-17/h2-7,12-13,27H,8-11H2,1H3/t13-/m0/s1. The molecule has 6 nitrogen and oxygen atoms in total. The average molecular weight is 403 g/mol. The van der Waals surface area contributed by atoms with E-state index in [2.05, 4.69) is 9.65 Å². The van der Waals surface area contributed by atoms with Gasteiger partial charge in [-0.05, 0) is 37.3 Å². The van der Waals surface area contributed by atoms with Gasteiger partial charge in [0.05, 0.1) is 30.3 Å². The Morgan fingerprint density at radius 2 is 2.07 bits per heavy atom. The van der Waals surface area contributed by atoms with Gasteiger partial charge in [-0.25, -0.2) is 9.66 Å². The van der Waals surface area contributed by atoms with Crippen LogP contribution in [0.5, 0.6) is 0 Å². The second kappa shape index (κ2) is 8.44. The fraction of sp³-hybridized carbons (Fsp3) is 0.316. The van der Waals surface area contributed by atoms with E-state index in [1.54, 1.807) is 6.20 Å². The summed E-state index contributed by atoms with van der Waals surface area (Å²) in [5, 5.41) is 0.639. The number of nitrogens with zero attached hydrogens (tertiary/aromatic N) is 4. The third-order valence-corrected chi connectivity index (χ3v) is 5.56. The van der Waals surface area contributed by atoms with Crippen LogP contribution in [0.1, 0.15) is 18.2 Å². The molecule has 2 aromatic rings. The molecule has 0 bridgehead atoms. The van der Waals surface area contributed by atoms with E-state index < -0.39 is 0 Å². The SMILES string of the molecule is C[C@@H]1N=C(c2ccccn2)c2cc(Cl)ccc2N=C1OPN1CCOCC1. The molecule has 3 heterocycles. The third kappa shape index (κ3) is 4.36. The van der Waals surface area contributed by atoms with E-state index in [0.29, 0.717) is 10.9 Å². The summed E-state index contributed by atoms with van der Waals surface area (Å²) in [6, 6.07) is 11.2. The van der Waals surface area contributed by atoms with Crippen molar-refractivity contribution in [1.82, 2.24) is 9.65 Å². The summed E-state index contributed by atoms with van der Waals surface area (Å²) < 4.78 is 13.7. The molecule has 2 atom stereocenters. The normalized spacial score (nSPS) is 20.7. The number of hydrogen-bond acceptors (Lipinski definition) is 6. The molecule has 1 unspecified atom stereocenters. The van der Waals surface area contributed by atoms with E-state index in [0.717, 1.165) is 49.0 Å². The Hall–Kier alpha value is -1.85. The minimum Gasteiger partial charge on any atom is -0.445 e. The summed E-state index contributed by atoms with van der Waals surface area (Å²) in [6.45, 7) is 5.20. The van der Waals surface area contributed by atoms with Crippen LogP contribution in [0.3, 0.4) is 0 Å². The van der Waals surface area contributed by atoms with Gasteiger partial charge in [-0.3, -0.25) is 9.98 Å². The van der Waals surface area contributed by atoms with Gasteiger partial charge in [0.15, 0.2) is 8.96 Å². The first-order valence-electron chi connectivity index (χ1n) is 8.83. The van der Waals surface area contributed by atoms with Crippen LogP contribution in [0.2, 0.25) is 5.02 Å². The topological polar surface area (TPSA) is 59.3 Å². The summed E-state index contributed by atoms with van der Waals surface area (Å²) in [6.07, 6.45) is 1.76. The lowest BCUT2D eigenvalue weighted by atomic mass is 10.0.